The Morgan fingerprint density at radius 2 is 1.86 bits per heavy atom. The van der Waals surface area contributed by atoms with Gasteiger partial charge in [0.15, 0.2) is 6.29 Å². The number of hydrogen-bond acceptors (Lipinski definition) is 2. The first-order valence-corrected chi connectivity index (χ1v) is 4.70. The zero-order valence-corrected chi connectivity index (χ0v) is 9.76. The molecular formula is C12H20O2. The van der Waals surface area contributed by atoms with Crippen LogP contribution in [0, 0.1) is 0 Å². The van der Waals surface area contributed by atoms with E-state index in [0.717, 1.165) is 11.9 Å². The van der Waals surface area contributed by atoms with Crippen LogP contribution in [0.25, 0.3) is 0 Å². The molecule has 0 heterocycles. The molecule has 0 unspecified atom stereocenters. The summed E-state index contributed by atoms with van der Waals surface area (Å²) < 4.78 is 5.06. The van der Waals surface area contributed by atoms with E-state index >= 15 is 0 Å². The molecule has 14 heavy (non-hydrogen) atoms. The third-order valence-electron chi connectivity index (χ3n) is 1.60. The van der Waals surface area contributed by atoms with Crippen molar-refractivity contribution in [3.63, 3.8) is 0 Å². The van der Waals surface area contributed by atoms with Crippen molar-refractivity contribution >= 4 is 6.29 Å². The Labute approximate surface area is 87.0 Å². The van der Waals surface area contributed by atoms with E-state index in [1.54, 1.807) is 0 Å². The molecule has 0 radical (unpaired) electrons. The second-order valence-electron chi connectivity index (χ2n) is 2.28. The molecule has 0 fully saturated rings. The van der Waals surface area contributed by atoms with E-state index in [1.165, 1.54) is 13.2 Å². The molecule has 0 spiro atoms. The molecule has 2 heteroatoms. The summed E-state index contributed by atoms with van der Waals surface area (Å²) in [4.78, 5) is 10.5. The Morgan fingerprint density at radius 1 is 1.36 bits per heavy atom. The van der Waals surface area contributed by atoms with Crippen molar-refractivity contribution in [3.05, 3.63) is 35.6 Å². The zero-order valence-electron chi connectivity index (χ0n) is 9.76. The lowest BCUT2D eigenvalue weighted by Crippen LogP contribution is -1.95. The van der Waals surface area contributed by atoms with Crippen LogP contribution in [0.3, 0.4) is 0 Å². The fourth-order valence-electron chi connectivity index (χ4n) is 0.832. The predicted octanol–water partition coefficient (Wildman–Crippen LogP) is 3.26. The Morgan fingerprint density at radius 3 is 2.07 bits per heavy atom. The number of carbonyl (C=O) groups excluding carboxylic acids is 1. The van der Waals surface area contributed by atoms with Gasteiger partial charge in [0, 0.05) is 0 Å². The van der Waals surface area contributed by atoms with Gasteiger partial charge in [-0.05, 0) is 19.4 Å². The molecule has 0 aliphatic rings. The van der Waals surface area contributed by atoms with Crippen molar-refractivity contribution in [1.82, 2.24) is 0 Å². The van der Waals surface area contributed by atoms with Crippen LogP contribution in [0.5, 0.6) is 0 Å². The number of allylic oxidation sites excluding steroid dienone is 4. The van der Waals surface area contributed by atoms with Crippen molar-refractivity contribution in [3.8, 4) is 0 Å². The standard InChI is InChI=1S/C10H14O2.C2H6/c1-5-8(3)10(12-4)9(6-2)7-11;1-2/h5-7H,2H2,1,3-4H3;1-2H3/b8-5-,10-9-;. The van der Waals surface area contributed by atoms with Crippen LogP contribution in [-0.4, -0.2) is 13.4 Å². The molecule has 2 nitrogen and oxygen atoms in total. The van der Waals surface area contributed by atoms with Crippen LogP contribution in [-0.2, 0) is 9.53 Å². The largest absolute Gasteiger partial charge is 0.496 e. The number of carbonyl (C=O) groups is 1. The van der Waals surface area contributed by atoms with E-state index in [-0.39, 0.29) is 0 Å². The van der Waals surface area contributed by atoms with Gasteiger partial charge in [-0.25, -0.2) is 0 Å². The smallest absolute Gasteiger partial charge is 0.153 e. The maximum absolute atomic E-state index is 10.5. The summed E-state index contributed by atoms with van der Waals surface area (Å²) in [6.45, 7) is 11.3. The zero-order chi connectivity index (χ0) is 11.6. The van der Waals surface area contributed by atoms with E-state index in [1.807, 2.05) is 33.8 Å². The van der Waals surface area contributed by atoms with Gasteiger partial charge in [0.2, 0.25) is 0 Å². The summed E-state index contributed by atoms with van der Waals surface area (Å²) in [6.07, 6.45) is 4.10. The molecule has 0 aliphatic carbocycles. The number of rotatable bonds is 4. The minimum Gasteiger partial charge on any atom is -0.496 e. The van der Waals surface area contributed by atoms with Gasteiger partial charge in [-0.3, -0.25) is 4.79 Å². The summed E-state index contributed by atoms with van der Waals surface area (Å²) in [5.74, 6) is 0.586. The third kappa shape index (κ3) is 4.65. The van der Waals surface area contributed by atoms with Crippen molar-refractivity contribution in [2.24, 2.45) is 0 Å². The molecule has 0 amide bonds. The average molecular weight is 196 g/mol. The average Bonchev–Trinajstić information content (AvgIpc) is 2.27. The lowest BCUT2D eigenvalue weighted by Gasteiger charge is -2.07. The number of hydrogen-bond donors (Lipinski definition) is 0. The lowest BCUT2D eigenvalue weighted by molar-refractivity contribution is -0.104. The predicted molar refractivity (Wildman–Crippen MR) is 61.1 cm³/mol. The highest BCUT2D eigenvalue weighted by atomic mass is 16.5. The van der Waals surface area contributed by atoms with Gasteiger partial charge < -0.3 is 4.74 Å². The molecule has 80 valence electrons. The minimum absolute atomic E-state index is 0.480. The Hall–Kier alpha value is -1.31. The van der Waals surface area contributed by atoms with Crippen LogP contribution in [0.4, 0.5) is 0 Å². The molecule has 0 aliphatic heterocycles. The fourth-order valence-corrected chi connectivity index (χ4v) is 0.832. The molecule has 0 N–H and O–H groups in total. The van der Waals surface area contributed by atoms with Crippen LogP contribution >= 0.6 is 0 Å². The Balaban J connectivity index is 0. The highest BCUT2D eigenvalue weighted by Crippen LogP contribution is 2.14. The van der Waals surface area contributed by atoms with Gasteiger partial charge >= 0.3 is 0 Å². The minimum atomic E-state index is 0.480. The molecule has 0 aromatic heterocycles. The van der Waals surface area contributed by atoms with E-state index in [0.29, 0.717) is 11.3 Å². The van der Waals surface area contributed by atoms with Crippen LogP contribution in [0.15, 0.2) is 35.6 Å². The number of ether oxygens (including phenoxy) is 1. The maximum atomic E-state index is 10.5. The molecule has 0 atom stereocenters. The lowest BCUT2D eigenvalue weighted by atomic mass is 10.1. The van der Waals surface area contributed by atoms with Crippen LogP contribution in [0.2, 0.25) is 0 Å². The molecular weight excluding hydrogens is 176 g/mol. The molecule has 0 saturated heterocycles. The first-order valence-electron chi connectivity index (χ1n) is 4.70. The Bertz CT molecular complexity index is 225. The summed E-state index contributed by atoms with van der Waals surface area (Å²) >= 11 is 0. The molecule has 0 rings (SSSR count). The van der Waals surface area contributed by atoms with Crippen LogP contribution < -0.4 is 0 Å². The fraction of sp³-hybridized carbons (Fsp3) is 0.417. The molecule has 0 aromatic rings. The highest BCUT2D eigenvalue weighted by Gasteiger charge is 2.04. The third-order valence-corrected chi connectivity index (χ3v) is 1.60. The van der Waals surface area contributed by atoms with Crippen molar-refractivity contribution in [1.29, 1.82) is 0 Å². The molecule has 0 bridgehead atoms. The highest BCUT2D eigenvalue weighted by molar-refractivity contribution is 5.79. The summed E-state index contributed by atoms with van der Waals surface area (Å²) in [5.41, 5.74) is 1.41. The monoisotopic (exact) mass is 196 g/mol. The van der Waals surface area contributed by atoms with Crippen molar-refractivity contribution in [2.75, 3.05) is 7.11 Å². The molecule has 0 saturated carbocycles. The second kappa shape index (κ2) is 9.78. The second-order valence-corrected chi connectivity index (χ2v) is 2.28. The number of methoxy groups -OCH3 is 1. The summed E-state index contributed by atoms with van der Waals surface area (Å²) in [7, 11) is 1.54. The van der Waals surface area contributed by atoms with Gasteiger partial charge in [-0.2, -0.15) is 0 Å². The SMILES string of the molecule is C=C/C(C=O)=C(OC)\C(C)=C/C.CC. The van der Waals surface area contributed by atoms with E-state index < -0.39 is 0 Å². The van der Waals surface area contributed by atoms with Gasteiger partial charge in [-0.1, -0.05) is 32.6 Å². The normalized spacial score (nSPS) is 11.9. The van der Waals surface area contributed by atoms with E-state index in [9.17, 15) is 4.79 Å². The summed E-state index contributed by atoms with van der Waals surface area (Å²) in [6, 6.07) is 0. The first kappa shape index (κ1) is 15.2. The summed E-state index contributed by atoms with van der Waals surface area (Å²) in [5, 5.41) is 0. The van der Waals surface area contributed by atoms with Crippen LogP contribution in [0.1, 0.15) is 27.7 Å². The van der Waals surface area contributed by atoms with Gasteiger partial charge in [-0.15, -0.1) is 0 Å². The van der Waals surface area contributed by atoms with Gasteiger partial charge in [0.25, 0.3) is 0 Å². The maximum Gasteiger partial charge on any atom is 0.153 e. The quantitative estimate of drug-likeness (QED) is 0.298. The van der Waals surface area contributed by atoms with E-state index in [2.05, 4.69) is 6.58 Å². The first-order chi connectivity index (χ1) is 6.71. The molecule has 0 aromatic carbocycles. The Kier molecular flexibility index (Phi) is 10.6. The van der Waals surface area contributed by atoms with Crippen molar-refractivity contribution < 1.29 is 9.53 Å². The van der Waals surface area contributed by atoms with Gasteiger partial charge in [0.05, 0.1) is 12.7 Å². The topological polar surface area (TPSA) is 26.3 Å². The number of aldehydes is 1. The van der Waals surface area contributed by atoms with Crippen molar-refractivity contribution in [2.45, 2.75) is 27.7 Å². The van der Waals surface area contributed by atoms with E-state index in [4.69, 9.17) is 4.74 Å². The van der Waals surface area contributed by atoms with Gasteiger partial charge in [0.1, 0.15) is 5.76 Å².